The minimum atomic E-state index is -0.195. The predicted molar refractivity (Wildman–Crippen MR) is 91.3 cm³/mol. The number of Topliss-reactive ketones (excluding diaryl/α,β-unsaturated/α-hetero) is 1. The Balaban J connectivity index is 1.83. The summed E-state index contributed by atoms with van der Waals surface area (Å²) < 4.78 is 16.6. The van der Waals surface area contributed by atoms with Gasteiger partial charge in [-0.05, 0) is 17.7 Å². The molecule has 4 heteroatoms. The number of rotatable bonds is 6. The Morgan fingerprint density at radius 1 is 1.04 bits per heavy atom. The molecule has 0 bridgehead atoms. The maximum absolute atomic E-state index is 12.9. The highest BCUT2D eigenvalue weighted by atomic mass is 16.5. The van der Waals surface area contributed by atoms with Gasteiger partial charge in [-0.25, -0.2) is 0 Å². The second-order valence-corrected chi connectivity index (χ2v) is 5.97. The second-order valence-electron chi connectivity index (χ2n) is 5.97. The molecule has 2 aromatic carbocycles. The van der Waals surface area contributed by atoms with Gasteiger partial charge in [0.2, 0.25) is 0 Å². The number of hydrogen-bond donors (Lipinski definition) is 0. The molecule has 1 aliphatic rings. The Hall–Kier alpha value is -2.17. The summed E-state index contributed by atoms with van der Waals surface area (Å²) in [4.78, 5) is 12.9. The minimum Gasteiger partial charge on any atom is -0.497 e. The topological polar surface area (TPSA) is 44.8 Å². The van der Waals surface area contributed by atoms with Crippen LogP contribution in [0.25, 0.3) is 0 Å². The van der Waals surface area contributed by atoms with Gasteiger partial charge in [-0.1, -0.05) is 42.5 Å². The highest BCUT2D eigenvalue weighted by Crippen LogP contribution is 2.37. The molecule has 4 nitrogen and oxygen atoms in total. The summed E-state index contributed by atoms with van der Waals surface area (Å²) in [6, 6.07) is 17.2. The third-order valence-corrected chi connectivity index (χ3v) is 4.61. The number of carbonyl (C=O) groups excluding carboxylic acids is 1. The quantitative estimate of drug-likeness (QED) is 0.762. The first-order chi connectivity index (χ1) is 11.7. The summed E-state index contributed by atoms with van der Waals surface area (Å²) in [7, 11) is 3.32. The van der Waals surface area contributed by atoms with Gasteiger partial charge in [-0.3, -0.25) is 4.79 Å². The fourth-order valence-corrected chi connectivity index (χ4v) is 3.31. The third kappa shape index (κ3) is 3.35. The summed E-state index contributed by atoms with van der Waals surface area (Å²) >= 11 is 0. The van der Waals surface area contributed by atoms with E-state index in [0.29, 0.717) is 13.2 Å². The first kappa shape index (κ1) is 16.7. The van der Waals surface area contributed by atoms with Crippen molar-refractivity contribution < 1.29 is 19.0 Å². The maximum atomic E-state index is 12.9. The zero-order valence-electron chi connectivity index (χ0n) is 14.0. The van der Waals surface area contributed by atoms with Crippen molar-refractivity contribution in [3.05, 3.63) is 65.7 Å². The van der Waals surface area contributed by atoms with Gasteiger partial charge in [0.15, 0.2) is 5.78 Å². The van der Waals surface area contributed by atoms with Crippen molar-refractivity contribution in [2.24, 2.45) is 11.8 Å². The van der Waals surface area contributed by atoms with E-state index >= 15 is 0 Å². The number of benzene rings is 2. The van der Waals surface area contributed by atoms with Crippen LogP contribution in [0.4, 0.5) is 0 Å². The number of methoxy groups -OCH3 is 2. The van der Waals surface area contributed by atoms with E-state index in [4.69, 9.17) is 14.2 Å². The molecule has 0 aromatic heterocycles. The van der Waals surface area contributed by atoms with Crippen LogP contribution in [0.1, 0.15) is 22.0 Å². The molecular weight excluding hydrogens is 304 g/mol. The highest BCUT2D eigenvalue weighted by Gasteiger charge is 2.40. The normalized spacial score (nSPS) is 21.4. The van der Waals surface area contributed by atoms with Crippen LogP contribution in [0.2, 0.25) is 0 Å². The van der Waals surface area contributed by atoms with Crippen LogP contribution in [0.3, 0.4) is 0 Å². The van der Waals surface area contributed by atoms with Crippen molar-refractivity contribution in [1.82, 2.24) is 0 Å². The summed E-state index contributed by atoms with van der Waals surface area (Å²) in [5.74, 6) is 0.720. The third-order valence-electron chi connectivity index (χ3n) is 4.61. The van der Waals surface area contributed by atoms with Crippen molar-refractivity contribution in [3.63, 3.8) is 0 Å². The van der Waals surface area contributed by atoms with E-state index in [2.05, 4.69) is 0 Å². The Labute approximate surface area is 142 Å². The monoisotopic (exact) mass is 326 g/mol. The summed E-state index contributed by atoms with van der Waals surface area (Å²) in [5.41, 5.74) is 1.75. The molecule has 0 N–H and O–H groups in total. The number of carbonyl (C=O) groups is 1. The molecule has 1 fully saturated rings. The van der Waals surface area contributed by atoms with Gasteiger partial charge < -0.3 is 14.2 Å². The van der Waals surface area contributed by atoms with E-state index in [1.54, 1.807) is 14.2 Å². The SMILES string of the molecule is COc1ccc(C(OC)[C@@H]2COC[C@H]2C(=O)c2ccccc2)cc1. The average Bonchev–Trinajstić information content (AvgIpc) is 3.12. The first-order valence-electron chi connectivity index (χ1n) is 8.08. The summed E-state index contributed by atoms with van der Waals surface area (Å²) in [6.07, 6.45) is -0.184. The lowest BCUT2D eigenvalue weighted by Crippen LogP contribution is -2.28. The average molecular weight is 326 g/mol. The number of ether oxygens (including phenoxy) is 3. The van der Waals surface area contributed by atoms with Gasteiger partial charge in [-0.2, -0.15) is 0 Å². The summed E-state index contributed by atoms with van der Waals surface area (Å²) in [5, 5.41) is 0. The Morgan fingerprint density at radius 3 is 2.38 bits per heavy atom. The van der Waals surface area contributed by atoms with E-state index in [9.17, 15) is 4.79 Å². The molecule has 1 unspecified atom stereocenters. The van der Waals surface area contributed by atoms with Crippen molar-refractivity contribution in [2.45, 2.75) is 6.10 Å². The number of ketones is 1. The van der Waals surface area contributed by atoms with E-state index in [1.165, 1.54) is 0 Å². The largest absolute Gasteiger partial charge is 0.497 e. The van der Waals surface area contributed by atoms with Crippen LogP contribution in [0, 0.1) is 11.8 Å². The van der Waals surface area contributed by atoms with Crippen molar-refractivity contribution in [2.75, 3.05) is 27.4 Å². The van der Waals surface area contributed by atoms with Gasteiger partial charge in [0.1, 0.15) is 5.75 Å². The van der Waals surface area contributed by atoms with Gasteiger partial charge in [0.05, 0.1) is 32.3 Å². The lowest BCUT2D eigenvalue weighted by atomic mass is 9.82. The van der Waals surface area contributed by atoms with E-state index in [0.717, 1.165) is 16.9 Å². The molecule has 2 aromatic rings. The molecule has 1 saturated heterocycles. The van der Waals surface area contributed by atoms with Gasteiger partial charge in [0, 0.05) is 18.6 Å². The lowest BCUT2D eigenvalue weighted by Gasteiger charge is -2.26. The van der Waals surface area contributed by atoms with Gasteiger partial charge in [0.25, 0.3) is 0 Å². The standard InChI is InChI=1S/C20H22O4/c1-22-16-10-8-15(9-11-16)20(23-2)18-13-24-12-17(18)19(21)14-6-4-3-5-7-14/h3-11,17-18,20H,12-13H2,1-2H3/t17-,18-,20?/m1/s1. The molecule has 3 rings (SSSR count). The van der Waals surface area contributed by atoms with Crippen LogP contribution in [-0.2, 0) is 9.47 Å². The molecule has 0 aliphatic carbocycles. The zero-order chi connectivity index (χ0) is 16.9. The maximum Gasteiger partial charge on any atom is 0.168 e. The molecule has 126 valence electrons. The highest BCUT2D eigenvalue weighted by molar-refractivity contribution is 5.98. The van der Waals surface area contributed by atoms with Crippen LogP contribution >= 0.6 is 0 Å². The molecule has 0 saturated carbocycles. The Kier molecular flexibility index (Phi) is 5.28. The van der Waals surface area contributed by atoms with Crippen molar-refractivity contribution >= 4 is 5.78 Å². The van der Waals surface area contributed by atoms with Crippen LogP contribution in [0.15, 0.2) is 54.6 Å². The van der Waals surface area contributed by atoms with E-state index in [-0.39, 0.29) is 23.7 Å². The lowest BCUT2D eigenvalue weighted by molar-refractivity contribution is 0.0327. The molecule has 0 radical (unpaired) electrons. The zero-order valence-corrected chi connectivity index (χ0v) is 14.0. The van der Waals surface area contributed by atoms with Crippen LogP contribution in [0.5, 0.6) is 5.75 Å². The molecular formula is C20H22O4. The van der Waals surface area contributed by atoms with Crippen LogP contribution < -0.4 is 4.74 Å². The molecule has 1 heterocycles. The second kappa shape index (κ2) is 7.60. The molecule has 3 atom stereocenters. The van der Waals surface area contributed by atoms with Crippen LogP contribution in [-0.4, -0.2) is 33.2 Å². The van der Waals surface area contributed by atoms with Crippen molar-refractivity contribution in [3.8, 4) is 5.75 Å². The predicted octanol–water partition coefficient (Wildman–Crippen LogP) is 3.53. The Morgan fingerprint density at radius 2 is 1.75 bits per heavy atom. The van der Waals surface area contributed by atoms with E-state index < -0.39 is 0 Å². The van der Waals surface area contributed by atoms with Crippen molar-refractivity contribution in [1.29, 1.82) is 0 Å². The smallest absolute Gasteiger partial charge is 0.168 e. The number of hydrogen-bond acceptors (Lipinski definition) is 4. The summed E-state index contributed by atoms with van der Waals surface area (Å²) in [6.45, 7) is 0.961. The van der Waals surface area contributed by atoms with Gasteiger partial charge in [-0.15, -0.1) is 0 Å². The molecule has 1 aliphatic heterocycles. The molecule has 0 amide bonds. The van der Waals surface area contributed by atoms with Gasteiger partial charge >= 0.3 is 0 Å². The minimum absolute atomic E-state index is 0.00361. The fraction of sp³-hybridized carbons (Fsp3) is 0.350. The Bertz CT molecular complexity index is 666. The first-order valence-corrected chi connectivity index (χ1v) is 8.08. The molecule has 24 heavy (non-hydrogen) atoms. The fourth-order valence-electron chi connectivity index (χ4n) is 3.31. The van der Waals surface area contributed by atoms with E-state index in [1.807, 2.05) is 54.6 Å². The molecule has 0 spiro atoms.